The van der Waals surface area contributed by atoms with E-state index in [1.807, 2.05) is 6.07 Å². The summed E-state index contributed by atoms with van der Waals surface area (Å²) in [6, 6.07) is 5.22. The van der Waals surface area contributed by atoms with E-state index in [-0.39, 0.29) is 11.8 Å². The fourth-order valence-electron chi connectivity index (χ4n) is 1.38. The lowest BCUT2D eigenvalue weighted by molar-refractivity contribution is 0.262. The molecule has 0 fully saturated rings. The zero-order chi connectivity index (χ0) is 8.55. The topological polar surface area (TPSA) is 55.5 Å². The number of rotatable bonds is 0. The average molecular weight is 165 g/mol. The summed E-state index contributed by atoms with van der Waals surface area (Å²) in [5, 5.41) is 9.14. The Hall–Kier alpha value is -1.22. The number of hydrogen-bond donors (Lipinski definition) is 2. The number of nitrogens with two attached hydrogens (primary N) is 1. The molecule has 1 atom stereocenters. The molecular weight excluding hydrogens is 154 g/mol. The lowest BCUT2D eigenvalue weighted by Crippen LogP contribution is -2.33. The summed E-state index contributed by atoms with van der Waals surface area (Å²) in [5.41, 5.74) is 6.78. The van der Waals surface area contributed by atoms with Crippen LogP contribution in [0.25, 0.3) is 0 Å². The van der Waals surface area contributed by atoms with Crippen molar-refractivity contribution in [3.63, 3.8) is 0 Å². The van der Waals surface area contributed by atoms with Crippen molar-refractivity contribution >= 4 is 0 Å². The van der Waals surface area contributed by atoms with E-state index in [2.05, 4.69) is 0 Å². The molecule has 64 valence electrons. The maximum Gasteiger partial charge on any atom is 0.126 e. The van der Waals surface area contributed by atoms with Crippen LogP contribution in [0.15, 0.2) is 18.2 Å². The van der Waals surface area contributed by atoms with Gasteiger partial charge in [-0.25, -0.2) is 0 Å². The molecule has 1 heterocycles. The van der Waals surface area contributed by atoms with E-state index in [4.69, 9.17) is 15.6 Å². The molecule has 12 heavy (non-hydrogen) atoms. The van der Waals surface area contributed by atoms with Gasteiger partial charge < -0.3 is 15.6 Å². The van der Waals surface area contributed by atoms with Gasteiger partial charge in [-0.2, -0.15) is 0 Å². The van der Waals surface area contributed by atoms with Crippen molar-refractivity contribution in [2.45, 2.75) is 12.5 Å². The third kappa shape index (κ3) is 1.23. The molecule has 0 spiro atoms. The van der Waals surface area contributed by atoms with E-state index in [1.54, 1.807) is 12.1 Å². The Bertz CT molecular complexity index is 299. The van der Waals surface area contributed by atoms with Gasteiger partial charge in [0, 0.05) is 12.1 Å². The molecule has 3 N–H and O–H groups in total. The minimum absolute atomic E-state index is 0.0852. The number of benzene rings is 1. The number of hydrogen-bond acceptors (Lipinski definition) is 3. The SMILES string of the molecule is N[C@H]1COc2cc(O)ccc2C1. The van der Waals surface area contributed by atoms with E-state index in [9.17, 15) is 0 Å². The van der Waals surface area contributed by atoms with Gasteiger partial charge in [-0.3, -0.25) is 0 Å². The molecule has 3 nitrogen and oxygen atoms in total. The highest BCUT2D eigenvalue weighted by atomic mass is 16.5. The number of aromatic hydroxyl groups is 1. The summed E-state index contributed by atoms with van der Waals surface area (Å²) in [6.07, 6.45) is 0.829. The van der Waals surface area contributed by atoms with Gasteiger partial charge in [-0.05, 0) is 18.1 Å². The van der Waals surface area contributed by atoms with Crippen molar-refractivity contribution in [1.82, 2.24) is 0 Å². The second-order valence-electron chi connectivity index (χ2n) is 3.07. The summed E-state index contributed by atoms with van der Waals surface area (Å²) in [7, 11) is 0. The Kier molecular flexibility index (Phi) is 1.66. The third-order valence-corrected chi connectivity index (χ3v) is 1.99. The Morgan fingerprint density at radius 1 is 1.50 bits per heavy atom. The second kappa shape index (κ2) is 2.68. The van der Waals surface area contributed by atoms with Gasteiger partial charge in [0.2, 0.25) is 0 Å². The van der Waals surface area contributed by atoms with Crippen molar-refractivity contribution in [3.05, 3.63) is 23.8 Å². The van der Waals surface area contributed by atoms with Gasteiger partial charge in [-0.15, -0.1) is 0 Å². The fraction of sp³-hybridized carbons (Fsp3) is 0.333. The highest BCUT2D eigenvalue weighted by Crippen LogP contribution is 2.27. The third-order valence-electron chi connectivity index (χ3n) is 1.99. The van der Waals surface area contributed by atoms with Crippen LogP contribution in [0.3, 0.4) is 0 Å². The minimum Gasteiger partial charge on any atom is -0.508 e. The summed E-state index contributed by atoms with van der Waals surface area (Å²) in [5.74, 6) is 1.00. The first kappa shape index (κ1) is 7.43. The fourth-order valence-corrected chi connectivity index (χ4v) is 1.38. The maximum atomic E-state index is 9.14. The van der Waals surface area contributed by atoms with Crippen molar-refractivity contribution in [2.75, 3.05) is 6.61 Å². The number of phenols is 1. The highest BCUT2D eigenvalue weighted by Gasteiger charge is 2.16. The first-order valence-corrected chi connectivity index (χ1v) is 3.96. The molecule has 0 radical (unpaired) electrons. The first-order valence-electron chi connectivity index (χ1n) is 3.96. The molecule has 1 aromatic rings. The van der Waals surface area contributed by atoms with Crippen molar-refractivity contribution < 1.29 is 9.84 Å². The lowest BCUT2D eigenvalue weighted by Gasteiger charge is -2.22. The van der Waals surface area contributed by atoms with Crippen LogP contribution in [0.1, 0.15) is 5.56 Å². The molecule has 1 aliphatic rings. The van der Waals surface area contributed by atoms with Gasteiger partial charge in [0.25, 0.3) is 0 Å². The van der Waals surface area contributed by atoms with E-state index < -0.39 is 0 Å². The van der Waals surface area contributed by atoms with Gasteiger partial charge in [-0.1, -0.05) is 6.07 Å². The normalized spacial score (nSPS) is 21.2. The highest BCUT2D eigenvalue weighted by molar-refractivity contribution is 5.41. The summed E-state index contributed by atoms with van der Waals surface area (Å²) >= 11 is 0. The molecule has 3 heteroatoms. The largest absolute Gasteiger partial charge is 0.508 e. The zero-order valence-corrected chi connectivity index (χ0v) is 6.66. The van der Waals surface area contributed by atoms with E-state index in [0.717, 1.165) is 17.7 Å². The molecule has 1 aliphatic heterocycles. The first-order chi connectivity index (χ1) is 5.75. The second-order valence-corrected chi connectivity index (χ2v) is 3.07. The molecule has 0 bridgehead atoms. The van der Waals surface area contributed by atoms with Crippen LogP contribution in [-0.4, -0.2) is 17.8 Å². The van der Waals surface area contributed by atoms with E-state index >= 15 is 0 Å². The summed E-state index contributed by atoms with van der Waals surface area (Å²) in [4.78, 5) is 0. The van der Waals surface area contributed by atoms with Crippen LogP contribution < -0.4 is 10.5 Å². The van der Waals surface area contributed by atoms with E-state index in [0.29, 0.717) is 6.61 Å². The Morgan fingerprint density at radius 3 is 3.17 bits per heavy atom. The quantitative estimate of drug-likeness (QED) is 0.593. The van der Waals surface area contributed by atoms with Crippen LogP contribution in [0, 0.1) is 0 Å². The average Bonchev–Trinajstić information content (AvgIpc) is 2.05. The van der Waals surface area contributed by atoms with Gasteiger partial charge in [0.15, 0.2) is 0 Å². The van der Waals surface area contributed by atoms with E-state index in [1.165, 1.54) is 0 Å². The predicted octanol–water partition coefficient (Wildman–Crippen LogP) is 0.654. The molecule has 0 saturated heterocycles. The van der Waals surface area contributed by atoms with Crippen molar-refractivity contribution in [1.29, 1.82) is 0 Å². The standard InChI is InChI=1S/C9H11NO2/c10-7-3-6-1-2-8(11)4-9(6)12-5-7/h1-2,4,7,11H,3,5,10H2/t7-/m1/s1. The summed E-state index contributed by atoms with van der Waals surface area (Å²) in [6.45, 7) is 0.538. The summed E-state index contributed by atoms with van der Waals surface area (Å²) < 4.78 is 5.33. The van der Waals surface area contributed by atoms with Gasteiger partial charge >= 0.3 is 0 Å². The maximum absolute atomic E-state index is 9.14. The van der Waals surface area contributed by atoms with Crippen molar-refractivity contribution in [3.8, 4) is 11.5 Å². The molecule has 0 aliphatic carbocycles. The van der Waals surface area contributed by atoms with Crippen LogP contribution >= 0.6 is 0 Å². The van der Waals surface area contributed by atoms with Crippen LogP contribution in [0.4, 0.5) is 0 Å². The molecule has 1 aromatic carbocycles. The monoisotopic (exact) mass is 165 g/mol. The molecule has 0 aromatic heterocycles. The smallest absolute Gasteiger partial charge is 0.126 e. The Balaban J connectivity index is 2.37. The number of fused-ring (bicyclic) bond motifs is 1. The molecule has 0 unspecified atom stereocenters. The molecule has 0 amide bonds. The zero-order valence-electron chi connectivity index (χ0n) is 6.66. The lowest BCUT2D eigenvalue weighted by atomic mass is 10.0. The number of phenolic OH excluding ortho intramolecular Hbond substituents is 1. The molecular formula is C9H11NO2. The van der Waals surface area contributed by atoms with Crippen LogP contribution in [-0.2, 0) is 6.42 Å². The minimum atomic E-state index is 0.0852. The molecule has 2 rings (SSSR count). The Labute approximate surface area is 70.8 Å². The number of ether oxygens (including phenoxy) is 1. The van der Waals surface area contributed by atoms with Crippen LogP contribution in [0.2, 0.25) is 0 Å². The van der Waals surface area contributed by atoms with Crippen molar-refractivity contribution in [2.24, 2.45) is 5.73 Å². The van der Waals surface area contributed by atoms with Gasteiger partial charge in [0.1, 0.15) is 18.1 Å². The predicted molar refractivity (Wildman–Crippen MR) is 45.3 cm³/mol. The van der Waals surface area contributed by atoms with Crippen LogP contribution in [0.5, 0.6) is 11.5 Å². The molecule has 0 saturated carbocycles. The van der Waals surface area contributed by atoms with Gasteiger partial charge in [0.05, 0.1) is 0 Å². The Morgan fingerprint density at radius 2 is 2.33 bits per heavy atom.